The van der Waals surface area contributed by atoms with Gasteiger partial charge in [0.25, 0.3) is 5.91 Å². The number of benzene rings is 2. The zero-order valence-corrected chi connectivity index (χ0v) is 17.9. The summed E-state index contributed by atoms with van der Waals surface area (Å²) in [5, 5.41) is 10.8. The summed E-state index contributed by atoms with van der Waals surface area (Å²) >= 11 is 6.12. The van der Waals surface area contributed by atoms with E-state index in [-0.39, 0.29) is 17.0 Å². The average molecular weight is 400 g/mol. The van der Waals surface area contributed by atoms with Gasteiger partial charge in [0.1, 0.15) is 0 Å². The maximum atomic E-state index is 12.5. The molecular formula is C23H30ClN3O. The molecule has 1 aliphatic rings. The molecule has 0 aromatic heterocycles. The van der Waals surface area contributed by atoms with Crippen molar-refractivity contribution in [3.05, 3.63) is 64.7 Å². The van der Waals surface area contributed by atoms with Crippen molar-refractivity contribution in [2.75, 3.05) is 5.32 Å². The highest BCUT2D eigenvalue weighted by atomic mass is 35.5. The number of hydrogen-bond acceptors (Lipinski definition) is 3. The molecule has 1 saturated heterocycles. The maximum Gasteiger partial charge on any atom is 0.257 e. The van der Waals surface area contributed by atoms with Crippen molar-refractivity contribution in [3.63, 3.8) is 0 Å². The Morgan fingerprint density at radius 2 is 1.75 bits per heavy atom. The first-order chi connectivity index (χ1) is 13.1. The first-order valence-corrected chi connectivity index (χ1v) is 10.2. The second kappa shape index (κ2) is 8.24. The first kappa shape index (κ1) is 20.8. The molecule has 0 radical (unpaired) electrons. The fourth-order valence-corrected chi connectivity index (χ4v) is 4.55. The summed E-state index contributed by atoms with van der Waals surface area (Å²) in [4.78, 5) is 12.5. The molecule has 28 heavy (non-hydrogen) atoms. The molecule has 2 aromatic carbocycles. The van der Waals surface area contributed by atoms with Gasteiger partial charge in [-0.3, -0.25) is 4.79 Å². The van der Waals surface area contributed by atoms with Gasteiger partial charge in [0.2, 0.25) is 0 Å². The lowest BCUT2D eigenvalue weighted by atomic mass is 9.79. The van der Waals surface area contributed by atoms with Crippen LogP contribution in [-0.2, 0) is 6.54 Å². The van der Waals surface area contributed by atoms with Crippen molar-refractivity contribution >= 4 is 23.2 Å². The summed E-state index contributed by atoms with van der Waals surface area (Å²) in [5.41, 5.74) is 2.63. The molecule has 1 aliphatic heterocycles. The normalized spacial score (nSPS) is 18.6. The Morgan fingerprint density at radius 1 is 1.07 bits per heavy atom. The van der Waals surface area contributed by atoms with E-state index in [1.807, 2.05) is 30.3 Å². The number of carbonyl (C=O) groups excluding carboxylic acids is 1. The molecule has 3 N–H and O–H groups in total. The average Bonchev–Trinajstić information content (AvgIpc) is 2.58. The molecule has 1 amide bonds. The van der Waals surface area contributed by atoms with Crippen LogP contribution in [0.5, 0.6) is 0 Å². The van der Waals surface area contributed by atoms with E-state index in [0.717, 1.165) is 30.6 Å². The molecule has 5 heteroatoms. The van der Waals surface area contributed by atoms with E-state index < -0.39 is 0 Å². The van der Waals surface area contributed by atoms with Gasteiger partial charge >= 0.3 is 0 Å². The lowest BCUT2D eigenvalue weighted by Gasteiger charge is -2.46. The van der Waals surface area contributed by atoms with Crippen LogP contribution in [0.4, 0.5) is 5.69 Å². The SMILES string of the molecule is CC1(C)CC(NCc2cccc(NC(=O)c3ccccc3Cl)c2)CC(C)(C)N1. The van der Waals surface area contributed by atoms with Crippen LogP contribution in [0.3, 0.4) is 0 Å². The fourth-order valence-electron chi connectivity index (χ4n) is 4.33. The number of rotatable bonds is 5. The van der Waals surface area contributed by atoms with Gasteiger partial charge in [-0.1, -0.05) is 35.9 Å². The second-order valence-electron chi connectivity index (χ2n) is 9.01. The summed E-state index contributed by atoms with van der Waals surface area (Å²) in [7, 11) is 0. The summed E-state index contributed by atoms with van der Waals surface area (Å²) in [6, 6.07) is 15.5. The molecule has 2 aromatic rings. The van der Waals surface area contributed by atoms with Crippen molar-refractivity contribution in [2.45, 2.75) is 64.2 Å². The standard InChI is InChI=1S/C23H30ClN3O/c1-22(2)13-18(14-23(3,4)27-22)25-15-16-8-7-9-17(12-16)26-21(28)19-10-5-6-11-20(19)24/h5-12,18,25,27H,13-15H2,1-4H3,(H,26,28). The smallest absolute Gasteiger partial charge is 0.257 e. The third-order valence-electron chi connectivity index (χ3n) is 5.09. The fraction of sp³-hybridized carbons (Fsp3) is 0.435. The molecule has 0 bridgehead atoms. The number of carbonyl (C=O) groups is 1. The largest absolute Gasteiger partial charge is 0.322 e. The predicted octanol–water partition coefficient (Wildman–Crippen LogP) is 4.99. The van der Waals surface area contributed by atoms with Crippen LogP contribution < -0.4 is 16.0 Å². The van der Waals surface area contributed by atoms with E-state index in [2.05, 4.69) is 49.7 Å². The molecule has 150 valence electrons. The molecule has 1 heterocycles. The zero-order valence-electron chi connectivity index (χ0n) is 17.1. The molecular weight excluding hydrogens is 370 g/mol. The van der Waals surface area contributed by atoms with Crippen LogP contribution in [0, 0.1) is 0 Å². The van der Waals surface area contributed by atoms with Crippen LogP contribution in [0.1, 0.15) is 56.5 Å². The second-order valence-corrected chi connectivity index (χ2v) is 9.42. The van der Waals surface area contributed by atoms with Crippen LogP contribution in [0.25, 0.3) is 0 Å². The van der Waals surface area contributed by atoms with Crippen LogP contribution in [-0.4, -0.2) is 23.0 Å². The van der Waals surface area contributed by atoms with Crippen molar-refractivity contribution in [2.24, 2.45) is 0 Å². The highest BCUT2D eigenvalue weighted by Gasteiger charge is 2.37. The number of piperidine rings is 1. The third kappa shape index (κ3) is 5.57. The summed E-state index contributed by atoms with van der Waals surface area (Å²) in [5.74, 6) is -0.197. The van der Waals surface area contributed by atoms with Crippen molar-refractivity contribution in [3.8, 4) is 0 Å². The van der Waals surface area contributed by atoms with Gasteiger partial charge in [0.15, 0.2) is 0 Å². The summed E-state index contributed by atoms with van der Waals surface area (Å²) < 4.78 is 0. The number of anilines is 1. The number of hydrogen-bond donors (Lipinski definition) is 3. The van der Waals surface area contributed by atoms with Crippen molar-refractivity contribution in [1.82, 2.24) is 10.6 Å². The minimum absolute atomic E-state index is 0.115. The maximum absolute atomic E-state index is 12.5. The molecule has 0 unspecified atom stereocenters. The van der Waals surface area contributed by atoms with E-state index in [1.165, 1.54) is 0 Å². The van der Waals surface area contributed by atoms with Gasteiger partial charge in [-0.25, -0.2) is 0 Å². The van der Waals surface area contributed by atoms with Crippen LogP contribution >= 0.6 is 11.6 Å². The minimum Gasteiger partial charge on any atom is -0.322 e. The predicted molar refractivity (Wildman–Crippen MR) is 117 cm³/mol. The topological polar surface area (TPSA) is 53.2 Å². The molecule has 0 spiro atoms. The minimum atomic E-state index is -0.197. The monoisotopic (exact) mass is 399 g/mol. The number of nitrogens with one attached hydrogen (secondary N) is 3. The van der Waals surface area contributed by atoms with Gasteiger partial charge < -0.3 is 16.0 Å². The highest BCUT2D eigenvalue weighted by Crippen LogP contribution is 2.28. The van der Waals surface area contributed by atoms with Gasteiger partial charge in [-0.05, 0) is 70.4 Å². The van der Waals surface area contributed by atoms with Gasteiger partial charge in [-0.2, -0.15) is 0 Å². The van der Waals surface area contributed by atoms with Gasteiger partial charge in [-0.15, -0.1) is 0 Å². The quantitative estimate of drug-likeness (QED) is 0.663. The Kier molecular flexibility index (Phi) is 6.13. The Balaban J connectivity index is 1.62. The highest BCUT2D eigenvalue weighted by molar-refractivity contribution is 6.34. The first-order valence-electron chi connectivity index (χ1n) is 9.81. The van der Waals surface area contributed by atoms with E-state index in [1.54, 1.807) is 12.1 Å². The molecule has 0 aliphatic carbocycles. The molecule has 0 saturated carbocycles. The summed E-state index contributed by atoms with van der Waals surface area (Å²) in [6.07, 6.45) is 2.17. The van der Waals surface area contributed by atoms with Crippen molar-refractivity contribution < 1.29 is 4.79 Å². The van der Waals surface area contributed by atoms with E-state index in [9.17, 15) is 4.79 Å². The van der Waals surface area contributed by atoms with E-state index >= 15 is 0 Å². The van der Waals surface area contributed by atoms with Crippen LogP contribution in [0.15, 0.2) is 48.5 Å². The molecule has 0 atom stereocenters. The van der Waals surface area contributed by atoms with E-state index in [0.29, 0.717) is 16.6 Å². The number of halogens is 1. The zero-order chi connectivity index (χ0) is 20.4. The lowest BCUT2D eigenvalue weighted by molar-refractivity contribution is 0.102. The Morgan fingerprint density at radius 3 is 2.43 bits per heavy atom. The van der Waals surface area contributed by atoms with Crippen molar-refractivity contribution in [1.29, 1.82) is 0 Å². The molecule has 1 fully saturated rings. The van der Waals surface area contributed by atoms with Gasteiger partial charge in [0.05, 0.1) is 10.6 Å². The lowest BCUT2D eigenvalue weighted by Crippen LogP contribution is -2.61. The number of amides is 1. The Hall–Kier alpha value is -1.88. The molecule has 4 nitrogen and oxygen atoms in total. The van der Waals surface area contributed by atoms with E-state index in [4.69, 9.17) is 11.6 Å². The molecule has 3 rings (SSSR count). The van der Waals surface area contributed by atoms with Gasteiger partial charge in [0, 0.05) is 29.4 Å². The van der Waals surface area contributed by atoms with Crippen LogP contribution in [0.2, 0.25) is 5.02 Å². The summed E-state index contributed by atoms with van der Waals surface area (Å²) in [6.45, 7) is 9.80. The third-order valence-corrected chi connectivity index (χ3v) is 5.42. The Labute approximate surface area is 173 Å². The Bertz CT molecular complexity index is 831.